The van der Waals surface area contributed by atoms with E-state index in [1.165, 1.54) is 11.1 Å². The fourth-order valence-electron chi connectivity index (χ4n) is 1.55. The standard InChI is InChI=1S/C12H19N3O/c1-4-10(12(13)15-16)14-11-7-5-6-8(2)9(11)3/h5-7,10,14,16H,4H2,1-3H3,(H2,13,15). The minimum absolute atomic E-state index is 0.134. The highest BCUT2D eigenvalue weighted by Gasteiger charge is 2.12. The number of nitrogens with two attached hydrogens (primary N) is 1. The van der Waals surface area contributed by atoms with E-state index in [0.717, 1.165) is 12.1 Å². The normalized spacial score (nSPS) is 13.6. The van der Waals surface area contributed by atoms with Gasteiger partial charge >= 0.3 is 0 Å². The Balaban J connectivity index is 2.90. The Labute approximate surface area is 96.2 Å². The van der Waals surface area contributed by atoms with Gasteiger partial charge in [-0.2, -0.15) is 0 Å². The van der Waals surface area contributed by atoms with Crippen LogP contribution in [0.1, 0.15) is 24.5 Å². The summed E-state index contributed by atoms with van der Waals surface area (Å²) in [5.74, 6) is 0.211. The molecular weight excluding hydrogens is 202 g/mol. The van der Waals surface area contributed by atoms with E-state index in [4.69, 9.17) is 10.9 Å². The molecule has 0 radical (unpaired) electrons. The zero-order chi connectivity index (χ0) is 12.1. The summed E-state index contributed by atoms with van der Waals surface area (Å²) >= 11 is 0. The van der Waals surface area contributed by atoms with Crippen molar-refractivity contribution < 1.29 is 5.21 Å². The molecule has 4 nitrogen and oxygen atoms in total. The van der Waals surface area contributed by atoms with E-state index < -0.39 is 0 Å². The van der Waals surface area contributed by atoms with Crippen molar-refractivity contribution in [1.29, 1.82) is 0 Å². The number of anilines is 1. The van der Waals surface area contributed by atoms with Gasteiger partial charge in [0.15, 0.2) is 5.84 Å². The number of amidine groups is 1. The van der Waals surface area contributed by atoms with E-state index >= 15 is 0 Å². The Morgan fingerprint density at radius 1 is 1.50 bits per heavy atom. The molecular formula is C12H19N3O. The molecule has 0 aliphatic carbocycles. The summed E-state index contributed by atoms with van der Waals surface area (Å²) in [4.78, 5) is 0. The van der Waals surface area contributed by atoms with Gasteiger partial charge in [-0.3, -0.25) is 0 Å². The summed E-state index contributed by atoms with van der Waals surface area (Å²) in [5, 5.41) is 15.0. The third-order valence-corrected chi connectivity index (χ3v) is 2.82. The van der Waals surface area contributed by atoms with Gasteiger partial charge < -0.3 is 16.3 Å². The van der Waals surface area contributed by atoms with E-state index in [2.05, 4.69) is 30.4 Å². The predicted octanol–water partition coefficient (Wildman–Crippen LogP) is 2.24. The second kappa shape index (κ2) is 5.39. The molecule has 0 amide bonds. The van der Waals surface area contributed by atoms with Gasteiger partial charge in [-0.05, 0) is 37.5 Å². The van der Waals surface area contributed by atoms with Crippen LogP contribution in [0.3, 0.4) is 0 Å². The van der Waals surface area contributed by atoms with E-state index in [1.54, 1.807) is 0 Å². The lowest BCUT2D eigenvalue weighted by Gasteiger charge is -2.19. The molecule has 0 spiro atoms. The number of benzene rings is 1. The summed E-state index contributed by atoms with van der Waals surface area (Å²) in [7, 11) is 0. The molecule has 4 N–H and O–H groups in total. The molecule has 1 unspecified atom stereocenters. The number of oxime groups is 1. The molecule has 0 aliphatic heterocycles. The Morgan fingerprint density at radius 2 is 2.19 bits per heavy atom. The first-order valence-electron chi connectivity index (χ1n) is 5.40. The van der Waals surface area contributed by atoms with Crippen LogP contribution in [0, 0.1) is 13.8 Å². The van der Waals surface area contributed by atoms with Crippen LogP contribution < -0.4 is 11.1 Å². The Morgan fingerprint density at radius 3 is 2.75 bits per heavy atom. The minimum atomic E-state index is -0.134. The zero-order valence-corrected chi connectivity index (χ0v) is 9.99. The molecule has 0 heterocycles. The summed E-state index contributed by atoms with van der Waals surface area (Å²) in [6.07, 6.45) is 0.767. The van der Waals surface area contributed by atoms with Gasteiger partial charge in [0, 0.05) is 5.69 Å². The van der Waals surface area contributed by atoms with E-state index in [1.807, 2.05) is 19.1 Å². The molecule has 16 heavy (non-hydrogen) atoms. The average Bonchev–Trinajstić information content (AvgIpc) is 2.30. The lowest BCUT2D eigenvalue weighted by atomic mass is 10.1. The lowest BCUT2D eigenvalue weighted by Crippen LogP contribution is -2.35. The quantitative estimate of drug-likeness (QED) is 0.316. The number of aryl methyl sites for hydroxylation is 1. The second-order valence-electron chi connectivity index (χ2n) is 3.88. The van der Waals surface area contributed by atoms with Crippen LogP contribution in [0.25, 0.3) is 0 Å². The molecule has 1 rings (SSSR count). The van der Waals surface area contributed by atoms with Crippen molar-refractivity contribution in [2.45, 2.75) is 33.2 Å². The zero-order valence-electron chi connectivity index (χ0n) is 9.99. The van der Waals surface area contributed by atoms with Crippen LogP contribution in [0.5, 0.6) is 0 Å². The van der Waals surface area contributed by atoms with Crippen molar-refractivity contribution in [1.82, 2.24) is 0 Å². The maximum Gasteiger partial charge on any atom is 0.161 e. The largest absolute Gasteiger partial charge is 0.409 e. The molecule has 88 valence electrons. The third kappa shape index (κ3) is 2.66. The molecule has 0 fully saturated rings. The second-order valence-corrected chi connectivity index (χ2v) is 3.88. The van der Waals surface area contributed by atoms with Crippen LogP contribution in [0.15, 0.2) is 23.4 Å². The van der Waals surface area contributed by atoms with Crippen molar-refractivity contribution >= 4 is 11.5 Å². The molecule has 0 aliphatic rings. The Kier molecular flexibility index (Phi) is 4.17. The number of nitrogens with zero attached hydrogens (tertiary/aromatic N) is 1. The van der Waals surface area contributed by atoms with Gasteiger partial charge in [-0.15, -0.1) is 0 Å². The first kappa shape index (κ1) is 12.4. The maximum absolute atomic E-state index is 8.66. The smallest absolute Gasteiger partial charge is 0.161 e. The number of hydrogen-bond donors (Lipinski definition) is 3. The average molecular weight is 221 g/mol. The van der Waals surface area contributed by atoms with Crippen LogP contribution >= 0.6 is 0 Å². The number of nitrogens with one attached hydrogen (secondary N) is 1. The summed E-state index contributed by atoms with van der Waals surface area (Å²) < 4.78 is 0. The molecule has 1 aromatic rings. The highest BCUT2D eigenvalue weighted by molar-refractivity contribution is 5.88. The molecule has 0 saturated carbocycles. The van der Waals surface area contributed by atoms with Gasteiger partial charge in [0.05, 0.1) is 6.04 Å². The first-order chi connectivity index (χ1) is 7.60. The maximum atomic E-state index is 8.66. The Bertz CT molecular complexity index is 388. The van der Waals surface area contributed by atoms with E-state index in [-0.39, 0.29) is 11.9 Å². The van der Waals surface area contributed by atoms with Crippen molar-refractivity contribution in [3.63, 3.8) is 0 Å². The first-order valence-corrected chi connectivity index (χ1v) is 5.40. The van der Waals surface area contributed by atoms with Gasteiger partial charge in [-0.1, -0.05) is 24.2 Å². The van der Waals surface area contributed by atoms with Crippen LogP contribution in [-0.4, -0.2) is 17.1 Å². The minimum Gasteiger partial charge on any atom is -0.409 e. The fraction of sp³-hybridized carbons (Fsp3) is 0.417. The predicted molar refractivity (Wildman–Crippen MR) is 67.0 cm³/mol. The van der Waals surface area contributed by atoms with Crippen LogP contribution in [-0.2, 0) is 0 Å². The number of rotatable bonds is 4. The van der Waals surface area contributed by atoms with Gasteiger partial charge in [0.2, 0.25) is 0 Å². The van der Waals surface area contributed by atoms with Crippen molar-refractivity contribution in [2.75, 3.05) is 5.32 Å². The van der Waals surface area contributed by atoms with Gasteiger partial charge in [0.25, 0.3) is 0 Å². The molecule has 4 heteroatoms. The summed E-state index contributed by atoms with van der Waals surface area (Å²) in [5.41, 5.74) is 9.04. The van der Waals surface area contributed by atoms with E-state index in [9.17, 15) is 0 Å². The van der Waals surface area contributed by atoms with E-state index in [0.29, 0.717) is 0 Å². The Hall–Kier alpha value is -1.71. The molecule has 0 bridgehead atoms. The SMILES string of the molecule is CCC(Nc1cccc(C)c1C)C(N)=NO. The molecule has 0 saturated heterocycles. The summed E-state index contributed by atoms with van der Waals surface area (Å²) in [6.45, 7) is 6.10. The molecule has 1 aromatic carbocycles. The number of hydrogen-bond acceptors (Lipinski definition) is 3. The van der Waals surface area contributed by atoms with Crippen molar-refractivity contribution in [3.05, 3.63) is 29.3 Å². The van der Waals surface area contributed by atoms with Crippen LogP contribution in [0.4, 0.5) is 5.69 Å². The highest BCUT2D eigenvalue weighted by Crippen LogP contribution is 2.19. The molecule has 0 aromatic heterocycles. The lowest BCUT2D eigenvalue weighted by molar-refractivity contribution is 0.316. The monoisotopic (exact) mass is 221 g/mol. The van der Waals surface area contributed by atoms with Crippen LogP contribution in [0.2, 0.25) is 0 Å². The van der Waals surface area contributed by atoms with Gasteiger partial charge in [0.1, 0.15) is 0 Å². The topological polar surface area (TPSA) is 70.6 Å². The molecule has 1 atom stereocenters. The fourth-order valence-corrected chi connectivity index (χ4v) is 1.55. The van der Waals surface area contributed by atoms with Crippen molar-refractivity contribution in [3.8, 4) is 0 Å². The summed E-state index contributed by atoms with van der Waals surface area (Å²) in [6, 6.07) is 5.91. The third-order valence-electron chi connectivity index (χ3n) is 2.82. The van der Waals surface area contributed by atoms with Crippen molar-refractivity contribution in [2.24, 2.45) is 10.9 Å². The highest BCUT2D eigenvalue weighted by atomic mass is 16.4. The van der Waals surface area contributed by atoms with Gasteiger partial charge in [-0.25, -0.2) is 0 Å².